The first-order valence-electron chi connectivity index (χ1n) is 4.67. The first-order chi connectivity index (χ1) is 7.13. The Hall–Kier alpha value is -1.72. The standard InChI is InChI=1S/C9H14N4O2/c1-6(14)13-8(9(15)10-2)3-7-4-11-5-12-7/h4-5,7-8H,3H2,1-2H3,(H,10,15)(H,13,14)/t7-,8-/m1/s1. The van der Waals surface area contributed by atoms with Crippen molar-refractivity contribution in [3.63, 3.8) is 0 Å². The van der Waals surface area contributed by atoms with Crippen molar-refractivity contribution in [2.24, 2.45) is 9.98 Å². The third-order valence-electron chi connectivity index (χ3n) is 2.00. The lowest BCUT2D eigenvalue weighted by Crippen LogP contribution is -2.46. The molecule has 15 heavy (non-hydrogen) atoms. The average molecular weight is 210 g/mol. The minimum Gasteiger partial charge on any atom is -0.357 e. The van der Waals surface area contributed by atoms with E-state index in [1.165, 1.54) is 20.3 Å². The molecule has 0 bridgehead atoms. The number of aliphatic imine (C=N–C) groups is 2. The Kier molecular flexibility index (Phi) is 3.96. The molecular weight excluding hydrogens is 196 g/mol. The van der Waals surface area contributed by atoms with Gasteiger partial charge in [-0.05, 0) is 0 Å². The van der Waals surface area contributed by atoms with E-state index in [2.05, 4.69) is 20.6 Å². The molecule has 0 unspecified atom stereocenters. The quantitative estimate of drug-likeness (QED) is 0.631. The van der Waals surface area contributed by atoms with Gasteiger partial charge in [0, 0.05) is 26.6 Å². The molecule has 6 heteroatoms. The zero-order valence-electron chi connectivity index (χ0n) is 8.73. The number of hydrogen-bond acceptors (Lipinski definition) is 4. The number of likely N-dealkylation sites (N-methyl/N-ethyl adjacent to an activating group) is 1. The molecule has 1 rings (SSSR count). The van der Waals surface area contributed by atoms with Crippen molar-refractivity contribution in [1.82, 2.24) is 10.6 Å². The van der Waals surface area contributed by atoms with Crippen molar-refractivity contribution in [3.8, 4) is 0 Å². The van der Waals surface area contributed by atoms with Crippen LogP contribution in [0.25, 0.3) is 0 Å². The van der Waals surface area contributed by atoms with E-state index >= 15 is 0 Å². The number of nitrogens with zero attached hydrogens (tertiary/aromatic N) is 2. The van der Waals surface area contributed by atoms with Crippen LogP contribution in [0.1, 0.15) is 13.3 Å². The predicted octanol–water partition coefficient (Wildman–Crippen LogP) is -0.891. The van der Waals surface area contributed by atoms with Gasteiger partial charge in [0.2, 0.25) is 11.8 Å². The molecule has 0 radical (unpaired) electrons. The Labute approximate surface area is 87.9 Å². The van der Waals surface area contributed by atoms with Gasteiger partial charge in [-0.3, -0.25) is 14.6 Å². The fourth-order valence-corrected chi connectivity index (χ4v) is 1.31. The molecule has 1 aliphatic rings. The highest BCUT2D eigenvalue weighted by atomic mass is 16.2. The van der Waals surface area contributed by atoms with Crippen LogP contribution in [-0.2, 0) is 9.59 Å². The highest BCUT2D eigenvalue weighted by Crippen LogP contribution is 2.04. The normalized spacial score (nSPS) is 20.0. The second kappa shape index (κ2) is 5.23. The molecule has 0 aromatic heterocycles. The van der Waals surface area contributed by atoms with Gasteiger partial charge in [0.05, 0.1) is 6.04 Å². The van der Waals surface area contributed by atoms with Crippen LogP contribution in [-0.4, -0.2) is 43.5 Å². The molecule has 2 amide bonds. The van der Waals surface area contributed by atoms with Crippen LogP contribution < -0.4 is 10.6 Å². The zero-order valence-corrected chi connectivity index (χ0v) is 8.73. The maximum Gasteiger partial charge on any atom is 0.242 e. The smallest absolute Gasteiger partial charge is 0.242 e. The SMILES string of the molecule is CNC(=O)[C@@H](C[C@@H]1C=NC=N1)NC(C)=O. The Balaban J connectivity index is 2.55. The van der Waals surface area contributed by atoms with Gasteiger partial charge < -0.3 is 10.6 Å². The number of amides is 2. The largest absolute Gasteiger partial charge is 0.357 e. The van der Waals surface area contributed by atoms with Crippen LogP contribution in [0.15, 0.2) is 9.98 Å². The Morgan fingerprint density at radius 2 is 2.27 bits per heavy atom. The molecule has 82 valence electrons. The van der Waals surface area contributed by atoms with Crippen molar-refractivity contribution in [2.45, 2.75) is 25.4 Å². The number of carbonyl (C=O) groups excluding carboxylic acids is 2. The number of rotatable bonds is 4. The van der Waals surface area contributed by atoms with Crippen molar-refractivity contribution >= 4 is 24.4 Å². The van der Waals surface area contributed by atoms with Gasteiger partial charge in [0.1, 0.15) is 12.4 Å². The molecule has 0 spiro atoms. The lowest BCUT2D eigenvalue weighted by molar-refractivity contribution is -0.127. The van der Waals surface area contributed by atoms with Gasteiger partial charge in [0.25, 0.3) is 0 Å². The van der Waals surface area contributed by atoms with Crippen molar-refractivity contribution in [2.75, 3.05) is 7.05 Å². The topological polar surface area (TPSA) is 82.9 Å². The van der Waals surface area contributed by atoms with Gasteiger partial charge in [-0.2, -0.15) is 0 Å². The lowest BCUT2D eigenvalue weighted by Gasteiger charge is -2.17. The van der Waals surface area contributed by atoms with Crippen LogP contribution in [0, 0.1) is 0 Å². The number of hydrogen-bond donors (Lipinski definition) is 2. The van der Waals surface area contributed by atoms with Crippen molar-refractivity contribution < 1.29 is 9.59 Å². The molecule has 0 saturated heterocycles. The van der Waals surface area contributed by atoms with E-state index in [1.807, 2.05) is 0 Å². The second-order valence-electron chi connectivity index (χ2n) is 3.23. The number of carbonyl (C=O) groups is 2. The van der Waals surface area contributed by atoms with Crippen LogP contribution in [0.2, 0.25) is 0 Å². The van der Waals surface area contributed by atoms with Crippen LogP contribution in [0.5, 0.6) is 0 Å². The molecule has 0 aromatic carbocycles. The molecule has 0 saturated carbocycles. The summed E-state index contributed by atoms with van der Waals surface area (Å²) in [5, 5.41) is 5.07. The maximum absolute atomic E-state index is 11.4. The Bertz CT molecular complexity index is 299. The van der Waals surface area contributed by atoms with E-state index in [0.717, 1.165) is 0 Å². The fraction of sp³-hybridized carbons (Fsp3) is 0.556. The predicted molar refractivity (Wildman–Crippen MR) is 57.1 cm³/mol. The first-order valence-corrected chi connectivity index (χ1v) is 4.67. The summed E-state index contributed by atoms with van der Waals surface area (Å²) in [6.07, 6.45) is 3.52. The molecule has 2 N–H and O–H groups in total. The summed E-state index contributed by atoms with van der Waals surface area (Å²) in [5.41, 5.74) is 0. The van der Waals surface area contributed by atoms with Crippen molar-refractivity contribution in [3.05, 3.63) is 0 Å². The summed E-state index contributed by atoms with van der Waals surface area (Å²) in [6.45, 7) is 1.38. The molecule has 0 aromatic rings. The van der Waals surface area contributed by atoms with E-state index in [-0.39, 0.29) is 17.9 Å². The molecule has 2 atom stereocenters. The van der Waals surface area contributed by atoms with Crippen molar-refractivity contribution in [1.29, 1.82) is 0 Å². The van der Waals surface area contributed by atoms with Gasteiger partial charge in [-0.15, -0.1) is 0 Å². The minimum atomic E-state index is -0.556. The van der Waals surface area contributed by atoms with Gasteiger partial charge in [-0.25, -0.2) is 4.99 Å². The van der Waals surface area contributed by atoms with Gasteiger partial charge in [0.15, 0.2) is 0 Å². The average Bonchev–Trinajstić information content (AvgIpc) is 2.67. The fourth-order valence-electron chi connectivity index (χ4n) is 1.31. The monoisotopic (exact) mass is 210 g/mol. The third-order valence-corrected chi connectivity index (χ3v) is 2.00. The molecular formula is C9H14N4O2. The number of nitrogens with one attached hydrogen (secondary N) is 2. The maximum atomic E-state index is 11.4. The first kappa shape index (κ1) is 11.4. The summed E-state index contributed by atoms with van der Waals surface area (Å²) in [6, 6.07) is -0.682. The van der Waals surface area contributed by atoms with E-state index in [4.69, 9.17) is 0 Å². The summed E-state index contributed by atoms with van der Waals surface area (Å²) in [5.74, 6) is -0.455. The molecule has 0 aliphatic carbocycles. The van der Waals surface area contributed by atoms with Crippen LogP contribution in [0.3, 0.4) is 0 Å². The Morgan fingerprint density at radius 1 is 1.53 bits per heavy atom. The van der Waals surface area contributed by atoms with E-state index in [1.54, 1.807) is 6.21 Å². The zero-order chi connectivity index (χ0) is 11.3. The van der Waals surface area contributed by atoms with Gasteiger partial charge >= 0.3 is 0 Å². The molecule has 1 aliphatic heterocycles. The Morgan fingerprint density at radius 3 is 2.73 bits per heavy atom. The van der Waals surface area contributed by atoms with Gasteiger partial charge in [-0.1, -0.05) is 0 Å². The lowest BCUT2D eigenvalue weighted by atomic mass is 10.1. The summed E-state index contributed by atoms with van der Waals surface area (Å²) >= 11 is 0. The van der Waals surface area contributed by atoms with E-state index in [0.29, 0.717) is 6.42 Å². The highest BCUT2D eigenvalue weighted by molar-refractivity contribution is 5.88. The summed E-state index contributed by atoms with van der Waals surface area (Å²) < 4.78 is 0. The molecule has 0 fully saturated rings. The third kappa shape index (κ3) is 3.49. The highest BCUT2D eigenvalue weighted by Gasteiger charge is 2.22. The minimum absolute atomic E-state index is 0.126. The second-order valence-corrected chi connectivity index (χ2v) is 3.23. The molecule has 6 nitrogen and oxygen atoms in total. The summed E-state index contributed by atoms with van der Waals surface area (Å²) in [7, 11) is 1.53. The van der Waals surface area contributed by atoms with E-state index < -0.39 is 6.04 Å². The summed E-state index contributed by atoms with van der Waals surface area (Å²) in [4.78, 5) is 30.1. The molecule has 1 heterocycles. The van der Waals surface area contributed by atoms with Crippen LogP contribution in [0.4, 0.5) is 0 Å². The van der Waals surface area contributed by atoms with Crippen LogP contribution >= 0.6 is 0 Å². The van der Waals surface area contributed by atoms with E-state index in [9.17, 15) is 9.59 Å².